The summed E-state index contributed by atoms with van der Waals surface area (Å²) in [5.74, 6) is 0.641. The van der Waals surface area contributed by atoms with Crippen LogP contribution in [-0.4, -0.2) is 66.2 Å². The number of hydrogen-bond acceptors (Lipinski definition) is 3. The van der Waals surface area contributed by atoms with Crippen LogP contribution in [0, 0.1) is 0 Å². The Morgan fingerprint density at radius 2 is 0.873 bits per heavy atom. The maximum Gasteiger partial charge on any atom is 0.160 e. The van der Waals surface area contributed by atoms with Gasteiger partial charge < -0.3 is 13.6 Å². The Balaban J connectivity index is 1.12. The van der Waals surface area contributed by atoms with E-state index in [2.05, 4.69) is 45.5 Å². The number of nitrogens with zero attached hydrogens (tertiary/aromatic N) is 4. The van der Waals surface area contributed by atoms with Crippen LogP contribution < -0.4 is 32.8 Å². The molecule has 0 unspecified atom stereocenters. The first-order valence-electron chi connectivity index (χ1n) is 20.5. The van der Waals surface area contributed by atoms with E-state index in [1.807, 2.05) is 109 Å². The van der Waals surface area contributed by atoms with E-state index in [4.69, 9.17) is 61.5 Å². The highest BCUT2D eigenvalue weighted by molar-refractivity contribution is 6.61. The van der Waals surface area contributed by atoms with E-state index < -0.39 is 0 Å². The van der Waals surface area contributed by atoms with Crippen molar-refractivity contribution in [3.8, 4) is 45.3 Å². The molecule has 4 aromatic heterocycles. The van der Waals surface area contributed by atoms with Gasteiger partial charge in [0.05, 0.1) is 22.4 Å². The smallest absolute Gasteiger partial charge is 0.160 e. The van der Waals surface area contributed by atoms with E-state index in [1.54, 1.807) is 12.1 Å². The fourth-order valence-corrected chi connectivity index (χ4v) is 9.43. The molecule has 278 valence electrons. The topological polar surface area (TPSA) is 48.8 Å². The molecule has 0 saturated heterocycles. The lowest BCUT2D eigenvalue weighted by atomic mass is 9.74. The SMILES string of the molecule is [B]c1cc([B])c2c(c1)c1c([B])c([B])c3c4cc([B])cc([B])c4n(-c4ccc5c(c4)oc4cc(-c6cc(-c7ccccc7)nc(-c7ccccc7)n6)ccc45)c3c1n2-c1ccccc1. The molecule has 12 aromatic rings. The largest absolute Gasteiger partial charge is 0.456 e. The summed E-state index contributed by atoms with van der Waals surface area (Å²) in [4.78, 5) is 10.0. The van der Waals surface area contributed by atoms with Gasteiger partial charge in [-0.05, 0) is 42.5 Å². The number of hydrogen-bond donors (Lipinski definition) is 0. The predicted molar refractivity (Wildman–Crippen MR) is 267 cm³/mol. The van der Waals surface area contributed by atoms with E-state index >= 15 is 0 Å². The molecule has 5 nitrogen and oxygen atoms in total. The minimum atomic E-state index is 0.396. The van der Waals surface area contributed by atoms with Gasteiger partial charge in [-0.25, -0.2) is 9.97 Å². The van der Waals surface area contributed by atoms with Gasteiger partial charge in [0, 0.05) is 77.5 Å². The summed E-state index contributed by atoms with van der Waals surface area (Å²) in [5, 5.41) is 4.89. The van der Waals surface area contributed by atoms with E-state index in [9.17, 15) is 0 Å². The molecule has 4 heterocycles. The van der Waals surface area contributed by atoms with Crippen molar-refractivity contribution in [2.75, 3.05) is 0 Å². The Morgan fingerprint density at radius 1 is 0.381 bits per heavy atom. The van der Waals surface area contributed by atoms with Crippen molar-refractivity contribution in [2.45, 2.75) is 0 Å². The highest BCUT2D eigenvalue weighted by Crippen LogP contribution is 2.41. The number of para-hydroxylation sites is 1. The van der Waals surface area contributed by atoms with Crippen LogP contribution in [0.25, 0.3) is 111 Å². The summed E-state index contributed by atoms with van der Waals surface area (Å²) in [5.41, 5.74) is 13.3. The van der Waals surface area contributed by atoms with Crippen LogP contribution in [0.4, 0.5) is 0 Å². The molecule has 12 rings (SSSR count). The minimum Gasteiger partial charge on any atom is -0.456 e. The van der Waals surface area contributed by atoms with Gasteiger partial charge in [-0.2, -0.15) is 0 Å². The van der Waals surface area contributed by atoms with Crippen molar-refractivity contribution in [1.29, 1.82) is 0 Å². The Labute approximate surface area is 370 Å². The maximum atomic E-state index is 7.13. The van der Waals surface area contributed by atoms with Crippen molar-refractivity contribution >= 4 is 145 Å². The fourth-order valence-electron chi connectivity index (χ4n) is 9.43. The average molecular weight is 788 g/mol. The normalized spacial score (nSPS) is 11.9. The van der Waals surface area contributed by atoms with E-state index in [-0.39, 0.29) is 0 Å². The Bertz CT molecular complexity index is 3800. The molecule has 0 aliphatic rings. The second-order valence-electron chi connectivity index (χ2n) is 16.0. The fraction of sp³-hybridized carbons (Fsp3) is 0. The zero-order chi connectivity index (χ0) is 42.7. The van der Waals surface area contributed by atoms with Gasteiger partial charge in [0.25, 0.3) is 0 Å². The number of rotatable bonds is 5. The monoisotopic (exact) mass is 788 g/mol. The highest BCUT2D eigenvalue weighted by Gasteiger charge is 2.26. The first kappa shape index (κ1) is 37.4. The standard InChI is InChI=1S/C52H26B6N4O/c53-30-21-36-44-46(57)47(58)45-37-22-31(54)24-39(56)49(37)62(51(45)50(44)61(48(36)38(55)23-30)32-14-8-3-9-15-32)33-17-19-35-34-18-16-29(20-42(34)63-43(35)25-33)41-26-40(27-10-4-1-5-11-27)59-52(60-41)28-12-6-2-7-13-28/h1-26H. The molecule has 0 atom stereocenters. The molecule has 63 heavy (non-hydrogen) atoms. The van der Waals surface area contributed by atoms with Crippen LogP contribution in [0.5, 0.6) is 0 Å². The van der Waals surface area contributed by atoms with Gasteiger partial charge >= 0.3 is 0 Å². The third-order valence-electron chi connectivity index (χ3n) is 12.1. The van der Waals surface area contributed by atoms with Gasteiger partial charge in [-0.15, -0.1) is 0 Å². The third kappa shape index (κ3) is 5.72. The van der Waals surface area contributed by atoms with Gasteiger partial charge in [-0.1, -0.05) is 142 Å². The van der Waals surface area contributed by atoms with Crippen LogP contribution >= 0.6 is 0 Å². The molecular formula is C52H26B6N4O. The lowest BCUT2D eigenvalue weighted by Gasteiger charge is -2.15. The zero-order valence-corrected chi connectivity index (χ0v) is 33.7. The summed E-state index contributed by atoms with van der Waals surface area (Å²) in [6.45, 7) is 0. The van der Waals surface area contributed by atoms with Crippen molar-refractivity contribution in [3.05, 3.63) is 158 Å². The number of furan rings is 1. The van der Waals surface area contributed by atoms with Crippen molar-refractivity contribution in [2.24, 2.45) is 0 Å². The summed E-state index contributed by atoms with van der Waals surface area (Å²) >= 11 is 0. The van der Waals surface area contributed by atoms with Crippen LogP contribution in [-0.2, 0) is 0 Å². The Kier molecular flexibility index (Phi) is 8.36. The number of benzene rings is 8. The summed E-state index contributed by atoms with van der Waals surface area (Å²) in [7, 11) is 41.0. The van der Waals surface area contributed by atoms with Gasteiger partial charge in [-0.3, -0.25) is 0 Å². The van der Waals surface area contributed by atoms with Crippen LogP contribution in [0.15, 0.2) is 162 Å². The second-order valence-corrected chi connectivity index (χ2v) is 16.0. The maximum absolute atomic E-state index is 7.13. The quantitative estimate of drug-likeness (QED) is 0.192. The number of aromatic nitrogens is 4. The molecule has 11 heteroatoms. The lowest BCUT2D eigenvalue weighted by molar-refractivity contribution is 0.669. The molecule has 0 bridgehead atoms. The molecule has 0 saturated carbocycles. The van der Waals surface area contributed by atoms with Crippen molar-refractivity contribution < 1.29 is 4.42 Å². The third-order valence-corrected chi connectivity index (χ3v) is 12.1. The van der Waals surface area contributed by atoms with Gasteiger partial charge in [0.2, 0.25) is 0 Å². The van der Waals surface area contributed by atoms with Gasteiger partial charge in [0.1, 0.15) is 58.2 Å². The minimum absolute atomic E-state index is 0.396. The van der Waals surface area contributed by atoms with E-state index in [1.165, 1.54) is 0 Å². The van der Waals surface area contributed by atoms with E-state index in [0.29, 0.717) is 55.2 Å². The van der Waals surface area contributed by atoms with E-state index in [0.717, 1.165) is 88.5 Å². The first-order chi connectivity index (χ1) is 30.7. The number of fused-ring (bicyclic) bond motifs is 10. The molecule has 0 amide bonds. The van der Waals surface area contributed by atoms with Crippen molar-refractivity contribution in [3.63, 3.8) is 0 Å². The first-order valence-corrected chi connectivity index (χ1v) is 20.5. The van der Waals surface area contributed by atoms with Crippen molar-refractivity contribution in [1.82, 2.24) is 19.1 Å². The van der Waals surface area contributed by atoms with Crippen LogP contribution in [0.3, 0.4) is 0 Å². The molecular weight excluding hydrogens is 761 g/mol. The molecule has 0 fully saturated rings. The lowest BCUT2D eigenvalue weighted by Crippen LogP contribution is -2.27. The zero-order valence-electron chi connectivity index (χ0n) is 33.7. The predicted octanol–water partition coefficient (Wildman–Crippen LogP) is 6.33. The highest BCUT2D eigenvalue weighted by atomic mass is 16.3. The summed E-state index contributed by atoms with van der Waals surface area (Å²) in [6, 6.07) is 51.9. The molecule has 12 radical (unpaired) electrons. The molecule has 0 aliphatic carbocycles. The van der Waals surface area contributed by atoms with Crippen LogP contribution in [0.2, 0.25) is 0 Å². The molecule has 0 aliphatic heterocycles. The summed E-state index contributed by atoms with van der Waals surface area (Å²) < 4.78 is 11.0. The average Bonchev–Trinajstić information content (AvgIpc) is 3.96. The second kappa shape index (κ2) is 14.1. The Morgan fingerprint density at radius 3 is 1.46 bits per heavy atom. The summed E-state index contributed by atoms with van der Waals surface area (Å²) in [6.07, 6.45) is 0. The Hall–Kier alpha value is -7.37. The van der Waals surface area contributed by atoms with Crippen LogP contribution in [0.1, 0.15) is 0 Å². The molecule has 8 aromatic carbocycles. The van der Waals surface area contributed by atoms with Gasteiger partial charge in [0.15, 0.2) is 5.82 Å². The molecule has 0 spiro atoms. The molecule has 0 N–H and O–H groups in total.